The van der Waals surface area contributed by atoms with Gasteiger partial charge in [0.25, 0.3) is 0 Å². The van der Waals surface area contributed by atoms with Crippen LogP contribution < -0.4 is 0 Å². The Balaban J connectivity index is -0.000000391. The summed E-state index contributed by atoms with van der Waals surface area (Å²) in [5.41, 5.74) is 0.284. The second-order valence-corrected chi connectivity index (χ2v) is 4.65. The summed E-state index contributed by atoms with van der Waals surface area (Å²) in [6.45, 7) is 13.1. The van der Waals surface area contributed by atoms with Crippen molar-refractivity contribution in [2.45, 2.75) is 46.5 Å². The third-order valence-corrected chi connectivity index (χ3v) is 2.25. The fourth-order valence-electron chi connectivity index (χ4n) is 1.04. The molecule has 0 radical (unpaired) electrons. The first kappa shape index (κ1) is 28.8. The molecule has 0 fully saturated rings. The lowest BCUT2D eigenvalue weighted by Crippen LogP contribution is -2.12. The standard InChI is InChI=1S/C9H14O4.C8H12O4.CH2O/c1-4-5-8(10)12-6-13-9(11)7(2)3;1-3-5-8(10)12-6-11-7(9)4-2;1-2/h2,4-6H2,1,3H3;4H,2-3,5-6H2,1H3;1H2. The second-order valence-electron chi connectivity index (χ2n) is 4.65. The SMILES string of the molecule is C=C(C)C(=O)OCOC(=O)CCC.C=CC(=O)OCOC(=O)CCC.C=O. The van der Waals surface area contributed by atoms with Gasteiger partial charge >= 0.3 is 23.9 Å². The number of hydrogen-bond acceptors (Lipinski definition) is 9. The highest BCUT2D eigenvalue weighted by atomic mass is 16.7. The maximum atomic E-state index is 10.8. The Labute approximate surface area is 159 Å². The minimum Gasteiger partial charge on any atom is -0.428 e. The van der Waals surface area contributed by atoms with E-state index in [-0.39, 0.29) is 31.1 Å². The summed E-state index contributed by atoms with van der Waals surface area (Å²) in [5.74, 6) is -1.88. The highest BCUT2D eigenvalue weighted by Gasteiger charge is 2.05. The Morgan fingerprint density at radius 3 is 1.56 bits per heavy atom. The molecule has 154 valence electrons. The molecule has 0 rings (SSSR count). The van der Waals surface area contributed by atoms with Crippen LogP contribution in [0.4, 0.5) is 0 Å². The normalized spacial score (nSPS) is 8.41. The van der Waals surface area contributed by atoms with Gasteiger partial charge in [0, 0.05) is 24.5 Å². The van der Waals surface area contributed by atoms with E-state index in [2.05, 4.69) is 32.1 Å². The molecule has 0 aliphatic rings. The zero-order valence-electron chi connectivity index (χ0n) is 16.1. The summed E-state index contributed by atoms with van der Waals surface area (Å²) >= 11 is 0. The summed E-state index contributed by atoms with van der Waals surface area (Å²) in [6.07, 6.45) is 3.12. The molecular formula is C18H28O9. The van der Waals surface area contributed by atoms with E-state index < -0.39 is 11.9 Å². The van der Waals surface area contributed by atoms with E-state index in [4.69, 9.17) is 4.79 Å². The van der Waals surface area contributed by atoms with Gasteiger partial charge < -0.3 is 23.7 Å². The van der Waals surface area contributed by atoms with Crippen molar-refractivity contribution >= 4 is 30.7 Å². The topological polar surface area (TPSA) is 122 Å². The Morgan fingerprint density at radius 1 is 0.815 bits per heavy atom. The fourth-order valence-corrected chi connectivity index (χ4v) is 1.04. The van der Waals surface area contributed by atoms with E-state index in [1.165, 1.54) is 6.92 Å². The Bertz CT molecular complexity index is 483. The maximum Gasteiger partial charge on any atom is 0.335 e. The predicted molar refractivity (Wildman–Crippen MR) is 96.1 cm³/mol. The van der Waals surface area contributed by atoms with Gasteiger partial charge in [-0.1, -0.05) is 27.0 Å². The average Bonchev–Trinajstić information content (AvgIpc) is 2.64. The van der Waals surface area contributed by atoms with Gasteiger partial charge in [-0.25, -0.2) is 9.59 Å². The lowest BCUT2D eigenvalue weighted by atomic mass is 10.3. The number of hydrogen-bond donors (Lipinski definition) is 0. The molecule has 9 nitrogen and oxygen atoms in total. The number of ether oxygens (including phenoxy) is 4. The van der Waals surface area contributed by atoms with Crippen LogP contribution in [0, 0.1) is 0 Å². The van der Waals surface area contributed by atoms with Crippen LogP contribution in [0.15, 0.2) is 24.8 Å². The zero-order chi connectivity index (χ0) is 21.7. The fraction of sp³-hybridized carbons (Fsp3) is 0.500. The van der Waals surface area contributed by atoms with E-state index in [9.17, 15) is 19.2 Å². The molecule has 0 aromatic rings. The quantitative estimate of drug-likeness (QED) is 0.315. The molecule has 0 aromatic heterocycles. The summed E-state index contributed by atoms with van der Waals surface area (Å²) in [5, 5.41) is 0. The first-order valence-electron chi connectivity index (χ1n) is 8.00. The Morgan fingerprint density at radius 2 is 1.22 bits per heavy atom. The molecule has 0 atom stereocenters. The number of carbonyl (C=O) groups excluding carboxylic acids is 5. The van der Waals surface area contributed by atoms with Crippen molar-refractivity contribution in [2.75, 3.05) is 13.6 Å². The minimum absolute atomic E-state index is 0.284. The van der Waals surface area contributed by atoms with Crippen LogP contribution in [0.2, 0.25) is 0 Å². The summed E-state index contributed by atoms with van der Waals surface area (Å²) in [7, 11) is 0. The molecule has 0 spiro atoms. The van der Waals surface area contributed by atoms with Crippen molar-refractivity contribution in [3.8, 4) is 0 Å². The number of rotatable bonds is 10. The first-order chi connectivity index (χ1) is 12.8. The van der Waals surface area contributed by atoms with Gasteiger partial charge in [-0.15, -0.1) is 0 Å². The molecule has 0 bridgehead atoms. The van der Waals surface area contributed by atoms with Crippen LogP contribution >= 0.6 is 0 Å². The van der Waals surface area contributed by atoms with Crippen molar-refractivity contribution in [2.24, 2.45) is 0 Å². The number of esters is 4. The first-order valence-corrected chi connectivity index (χ1v) is 8.00. The van der Waals surface area contributed by atoms with E-state index in [0.29, 0.717) is 25.7 Å². The van der Waals surface area contributed by atoms with Gasteiger partial charge in [0.05, 0.1) is 0 Å². The van der Waals surface area contributed by atoms with Crippen molar-refractivity contribution in [1.82, 2.24) is 0 Å². The Hall–Kier alpha value is -2.97. The molecule has 0 amide bonds. The van der Waals surface area contributed by atoms with Gasteiger partial charge in [0.1, 0.15) is 6.79 Å². The van der Waals surface area contributed by atoms with Crippen molar-refractivity contribution in [1.29, 1.82) is 0 Å². The number of carbonyl (C=O) groups is 5. The third kappa shape index (κ3) is 23.0. The average molecular weight is 388 g/mol. The van der Waals surface area contributed by atoms with E-state index in [1.54, 1.807) is 0 Å². The molecule has 0 aliphatic heterocycles. The van der Waals surface area contributed by atoms with Crippen molar-refractivity contribution < 1.29 is 42.9 Å². The highest BCUT2D eigenvalue weighted by Crippen LogP contribution is 1.95. The van der Waals surface area contributed by atoms with Gasteiger partial charge in [-0.3, -0.25) is 9.59 Å². The lowest BCUT2D eigenvalue weighted by Gasteiger charge is -2.04. The molecule has 0 aliphatic carbocycles. The van der Waals surface area contributed by atoms with Crippen molar-refractivity contribution in [3.63, 3.8) is 0 Å². The molecule has 0 saturated carbocycles. The largest absolute Gasteiger partial charge is 0.428 e. The van der Waals surface area contributed by atoms with Crippen LogP contribution in [0.25, 0.3) is 0 Å². The summed E-state index contributed by atoms with van der Waals surface area (Å²) in [6, 6.07) is 0. The smallest absolute Gasteiger partial charge is 0.335 e. The zero-order valence-corrected chi connectivity index (χ0v) is 16.1. The molecule has 0 saturated heterocycles. The van der Waals surface area contributed by atoms with Gasteiger partial charge in [0.15, 0.2) is 0 Å². The van der Waals surface area contributed by atoms with Gasteiger partial charge in [-0.05, 0) is 19.8 Å². The molecule has 0 N–H and O–H groups in total. The monoisotopic (exact) mass is 388 g/mol. The van der Waals surface area contributed by atoms with E-state index in [0.717, 1.165) is 6.08 Å². The van der Waals surface area contributed by atoms with Crippen LogP contribution in [0.3, 0.4) is 0 Å². The lowest BCUT2D eigenvalue weighted by molar-refractivity contribution is -0.166. The second kappa shape index (κ2) is 21.1. The van der Waals surface area contributed by atoms with Crippen LogP contribution in [0.5, 0.6) is 0 Å². The summed E-state index contributed by atoms with van der Waals surface area (Å²) < 4.78 is 18.1. The maximum absolute atomic E-state index is 10.8. The van der Waals surface area contributed by atoms with Crippen LogP contribution in [-0.2, 0) is 42.9 Å². The van der Waals surface area contributed by atoms with Crippen molar-refractivity contribution in [3.05, 3.63) is 24.8 Å². The highest BCUT2D eigenvalue weighted by molar-refractivity contribution is 5.86. The predicted octanol–water partition coefficient (Wildman–Crippen LogP) is 2.24. The van der Waals surface area contributed by atoms with Gasteiger partial charge in [-0.2, -0.15) is 0 Å². The van der Waals surface area contributed by atoms with Gasteiger partial charge in [0.2, 0.25) is 13.6 Å². The molecule has 0 heterocycles. The minimum atomic E-state index is -0.598. The summed E-state index contributed by atoms with van der Waals surface area (Å²) in [4.78, 5) is 50.6. The molecule has 9 heteroatoms. The molecule has 27 heavy (non-hydrogen) atoms. The van der Waals surface area contributed by atoms with Crippen LogP contribution in [0.1, 0.15) is 46.5 Å². The Kier molecular flexibility index (Phi) is 22.5. The third-order valence-electron chi connectivity index (χ3n) is 2.25. The van der Waals surface area contributed by atoms with Crippen LogP contribution in [-0.4, -0.2) is 44.3 Å². The van der Waals surface area contributed by atoms with E-state index in [1.807, 2.05) is 20.6 Å². The molecule has 0 unspecified atom stereocenters. The molecular weight excluding hydrogens is 360 g/mol. The van der Waals surface area contributed by atoms with E-state index >= 15 is 0 Å². The molecule has 0 aromatic carbocycles.